The van der Waals surface area contributed by atoms with Gasteiger partial charge in [0, 0.05) is 81.6 Å². The summed E-state index contributed by atoms with van der Waals surface area (Å²) in [6.45, 7) is 13.3. The van der Waals surface area contributed by atoms with Crippen LogP contribution in [-0.4, -0.2) is 71.2 Å². The lowest BCUT2D eigenvalue weighted by molar-refractivity contribution is 0.141. The van der Waals surface area contributed by atoms with Crippen molar-refractivity contribution in [3.63, 3.8) is 0 Å². The van der Waals surface area contributed by atoms with Crippen molar-refractivity contribution in [1.29, 1.82) is 5.26 Å². The van der Waals surface area contributed by atoms with Gasteiger partial charge in [0.05, 0.1) is 50.7 Å². The molecule has 0 radical (unpaired) electrons. The Kier molecular flexibility index (Phi) is 26.0. The molecule has 26 heteroatoms. The Morgan fingerprint density at radius 2 is 0.853 bits per heavy atom. The summed E-state index contributed by atoms with van der Waals surface area (Å²) in [5.74, 6) is 0. The van der Waals surface area contributed by atoms with Crippen molar-refractivity contribution in [2.45, 2.75) is 111 Å². The summed E-state index contributed by atoms with van der Waals surface area (Å²) in [5.41, 5.74) is 19.2. The van der Waals surface area contributed by atoms with E-state index in [1.165, 1.54) is 0 Å². The molecule has 0 fully saturated rings. The minimum Gasteiger partial charge on any atom is -0.444 e. The van der Waals surface area contributed by atoms with Crippen LogP contribution in [0.4, 0.5) is 62.9 Å². The highest BCUT2D eigenvalue weighted by Gasteiger charge is 2.29. The number of para-hydroxylation sites is 1. The number of carbonyl (C=O) groups excluding carboxylic acids is 6. The van der Waals surface area contributed by atoms with Crippen LogP contribution in [0.15, 0.2) is 159 Å². The highest BCUT2D eigenvalue weighted by atomic mass is 79.9. The summed E-state index contributed by atoms with van der Waals surface area (Å²) >= 11 is 6.74. The number of hydrogen-bond donors (Lipinski definition) is 4. The summed E-state index contributed by atoms with van der Waals surface area (Å²) in [4.78, 5) is 74.8. The van der Waals surface area contributed by atoms with Gasteiger partial charge in [0.25, 0.3) is 0 Å². The summed E-state index contributed by atoms with van der Waals surface area (Å²) < 4.78 is 59.1. The van der Waals surface area contributed by atoms with Crippen LogP contribution in [0.3, 0.4) is 0 Å². The van der Waals surface area contributed by atoms with E-state index in [1.807, 2.05) is 131 Å². The van der Waals surface area contributed by atoms with Gasteiger partial charge in [-0.05, 0) is 134 Å². The number of ether oxygens (including phenoxy) is 6. The fourth-order valence-corrected chi connectivity index (χ4v) is 12.1. The van der Waals surface area contributed by atoms with Crippen molar-refractivity contribution in [2.75, 3.05) is 56.4 Å². The van der Waals surface area contributed by atoms with E-state index >= 15 is 0 Å². The molecule has 6 aliphatic rings. The van der Waals surface area contributed by atoms with E-state index in [2.05, 4.69) is 53.3 Å². The minimum atomic E-state index is -3.55. The zero-order valence-corrected chi connectivity index (χ0v) is 56.9. The molecule has 0 saturated carbocycles. The number of anilines is 6. The first-order valence-electron chi connectivity index (χ1n) is 30.7. The highest BCUT2D eigenvalue weighted by Crippen LogP contribution is 2.33. The molecule has 13 rings (SSSR count). The van der Waals surface area contributed by atoms with Gasteiger partial charge >= 0.3 is 36.6 Å². The number of carbonyl (C=O) groups is 6. The molecule has 0 aliphatic carbocycles. The number of rotatable bonds is 13. The van der Waals surface area contributed by atoms with Gasteiger partial charge in [-0.3, -0.25) is 30.2 Å². The molecule has 7 aromatic rings. The Morgan fingerprint density at radius 3 is 1.35 bits per heavy atom. The molecule has 0 atom stereocenters. The Labute approximate surface area is 568 Å². The van der Waals surface area contributed by atoms with Gasteiger partial charge < -0.3 is 34.2 Å². The van der Waals surface area contributed by atoms with Crippen LogP contribution in [0.2, 0.25) is 0 Å². The molecule has 0 unspecified atom stereocenters. The van der Waals surface area contributed by atoms with Crippen molar-refractivity contribution in [2.24, 2.45) is 5.73 Å². The minimum absolute atomic E-state index is 0.173. The standard InChI is InChI=1S/C18H20N2O4S.C12H16N2O2.C12H12N2O2.C11H12BrNO2.C8H6BrNO2.C8H7NO2/c1-2-10-20-17-9-8-14(11-15(17)13-24-18(20)21)12-19-25(22,23)16-6-4-3-5-7-16;2*1-2-5-14-11-4-3-9(7-13)6-10(11)8-16-12(14)15;1-2-5-13-10-4-3-9(12)6-8(10)7-15-11(13)14;9-6-1-2-7-5(3-6)4-12-8(11)10-7;10-8-9-7-4-2-1-3-6(7)5-11-8/h3-9,11,19H,2,10,12-13H2,1H3;3-4,6H,2,5,7-8,13H2,1H3;3-4,6H,2,5,8H2,1H3;3-4,6H,2,5,7H2,1H3;1-3H,4H2,(H,10,11);1-4H,5H2,(H,9,10). The molecule has 0 spiro atoms. The molecule has 6 amide bonds. The average molecular weight is 1440 g/mol. The van der Waals surface area contributed by atoms with Crippen LogP contribution in [0.25, 0.3) is 0 Å². The summed E-state index contributed by atoms with van der Waals surface area (Å²) in [7, 11) is -3.55. The maximum atomic E-state index is 12.3. The predicted octanol–water partition coefficient (Wildman–Crippen LogP) is 15.0. The predicted molar refractivity (Wildman–Crippen MR) is 366 cm³/mol. The van der Waals surface area contributed by atoms with E-state index in [1.54, 1.807) is 62.1 Å². The second-order valence-corrected chi connectivity index (χ2v) is 25.3. The summed E-state index contributed by atoms with van der Waals surface area (Å²) in [5, 5.41) is 14.0. The SMILES string of the molecule is CCCN1C(=O)OCc2cc(Br)ccc21.CCCN1C(=O)OCc2cc(C#N)ccc21.CCCN1C(=O)OCc2cc(CN)ccc21.CCCN1C(=O)OCc2cc(CNS(=O)(=O)c3ccccc3)ccc21.O=C1Nc2ccc(Br)cc2CO1.O=C1Nc2ccccc2CO1. The van der Waals surface area contributed by atoms with Crippen molar-refractivity contribution >= 4 is 113 Å². The number of nitriles is 1. The Balaban J connectivity index is 0.000000149. The maximum absolute atomic E-state index is 12.3. The molecule has 6 heterocycles. The maximum Gasteiger partial charge on any atom is 0.414 e. The van der Waals surface area contributed by atoms with Crippen molar-refractivity contribution < 1.29 is 65.6 Å². The number of amides is 6. The van der Waals surface area contributed by atoms with Gasteiger partial charge in [-0.1, -0.05) is 108 Å². The van der Waals surface area contributed by atoms with Crippen molar-refractivity contribution in [3.8, 4) is 6.07 Å². The zero-order valence-electron chi connectivity index (χ0n) is 52.9. The topological polar surface area (TPSA) is 291 Å². The third kappa shape index (κ3) is 19.3. The normalized spacial score (nSPS) is 14.4. The molecule has 6 aliphatic heterocycles. The third-order valence-corrected chi connectivity index (χ3v) is 17.2. The quantitative estimate of drug-likeness (QED) is 0.0780. The first kappa shape index (κ1) is 71.3. The Morgan fingerprint density at radius 1 is 0.463 bits per heavy atom. The summed E-state index contributed by atoms with van der Waals surface area (Å²) in [6.07, 6.45) is 1.63. The van der Waals surface area contributed by atoms with E-state index in [0.29, 0.717) is 64.7 Å². The van der Waals surface area contributed by atoms with Gasteiger partial charge in [-0.25, -0.2) is 41.9 Å². The van der Waals surface area contributed by atoms with Crippen LogP contribution in [-0.2, 0) is 91.2 Å². The van der Waals surface area contributed by atoms with E-state index < -0.39 is 10.0 Å². The molecule has 498 valence electrons. The van der Waals surface area contributed by atoms with E-state index in [-0.39, 0.29) is 61.2 Å². The Bertz CT molecular complexity index is 4060. The molecule has 0 bridgehead atoms. The molecule has 5 N–H and O–H groups in total. The number of benzene rings is 7. The number of hydrogen-bond acceptors (Lipinski definition) is 16. The second kappa shape index (κ2) is 34.6. The zero-order chi connectivity index (χ0) is 68.0. The average Bonchev–Trinajstić information content (AvgIpc) is 0.866. The van der Waals surface area contributed by atoms with Gasteiger partial charge in [0.1, 0.15) is 39.6 Å². The first-order valence-corrected chi connectivity index (χ1v) is 33.7. The van der Waals surface area contributed by atoms with E-state index in [9.17, 15) is 37.2 Å². The lowest BCUT2D eigenvalue weighted by Crippen LogP contribution is -2.36. The second-order valence-electron chi connectivity index (χ2n) is 21.7. The van der Waals surface area contributed by atoms with Crippen LogP contribution < -0.4 is 40.7 Å². The molecule has 0 aromatic heterocycles. The van der Waals surface area contributed by atoms with Gasteiger partial charge in [-0.2, -0.15) is 5.26 Å². The lowest BCUT2D eigenvalue weighted by Gasteiger charge is -2.29. The number of nitrogens with two attached hydrogens (primary N) is 1. The monoisotopic (exact) mass is 1440 g/mol. The van der Waals surface area contributed by atoms with E-state index in [4.69, 9.17) is 39.4 Å². The van der Waals surface area contributed by atoms with Gasteiger partial charge in [0.15, 0.2) is 0 Å². The molecular weight excluding hydrogens is 1370 g/mol. The molecule has 0 saturated heterocycles. The largest absolute Gasteiger partial charge is 0.444 e. The van der Waals surface area contributed by atoms with Gasteiger partial charge in [0.2, 0.25) is 10.0 Å². The number of sulfonamides is 1. The van der Waals surface area contributed by atoms with Crippen LogP contribution in [0, 0.1) is 11.3 Å². The number of fused-ring (bicyclic) bond motifs is 6. The van der Waals surface area contributed by atoms with Crippen molar-refractivity contribution in [3.05, 3.63) is 205 Å². The number of halogens is 2. The number of nitrogens with one attached hydrogen (secondary N) is 3. The third-order valence-electron chi connectivity index (χ3n) is 14.8. The van der Waals surface area contributed by atoms with Gasteiger partial charge in [-0.15, -0.1) is 0 Å². The smallest absolute Gasteiger partial charge is 0.414 e. The molecule has 7 aromatic carbocycles. The number of cyclic esters (lactones) is 6. The number of nitrogens with zero attached hydrogens (tertiary/aromatic N) is 5. The Hall–Kier alpha value is -9.52. The van der Waals surface area contributed by atoms with E-state index in [0.717, 1.165) is 113 Å². The fraction of sp³-hybridized carbons (Fsp3) is 0.290. The molecular formula is C69H73Br2N9O14S. The van der Waals surface area contributed by atoms with Crippen LogP contribution >= 0.6 is 31.9 Å². The van der Waals surface area contributed by atoms with Crippen LogP contribution in [0.5, 0.6) is 0 Å². The first-order chi connectivity index (χ1) is 45.9. The fourth-order valence-electron chi connectivity index (χ4n) is 10.3. The lowest BCUT2D eigenvalue weighted by atomic mass is 10.1. The molecule has 95 heavy (non-hydrogen) atoms. The van der Waals surface area contributed by atoms with Crippen LogP contribution in [0.1, 0.15) is 103 Å². The summed E-state index contributed by atoms with van der Waals surface area (Å²) in [6, 6.07) is 46.2. The molecule has 23 nitrogen and oxygen atoms in total. The highest BCUT2D eigenvalue weighted by molar-refractivity contribution is 9.10. The van der Waals surface area contributed by atoms with Crippen molar-refractivity contribution in [1.82, 2.24) is 4.72 Å².